The van der Waals surface area contributed by atoms with Crippen LogP contribution in [0.3, 0.4) is 0 Å². The smallest absolute Gasteiger partial charge is 0.279 e. The maximum absolute atomic E-state index is 12.2. The minimum atomic E-state index is -3.36. The van der Waals surface area contributed by atoms with Crippen LogP contribution < -0.4 is 10.0 Å². The molecule has 0 aromatic heterocycles. The number of nitrogens with zero attached hydrogens (tertiary/aromatic N) is 1. The summed E-state index contributed by atoms with van der Waals surface area (Å²) in [4.78, 5) is 0. The fourth-order valence-electron chi connectivity index (χ4n) is 2.27. The Kier molecular flexibility index (Phi) is 10.5. The van der Waals surface area contributed by atoms with Crippen molar-refractivity contribution in [1.29, 1.82) is 0 Å². The van der Waals surface area contributed by atoms with Crippen LogP contribution in [0.1, 0.15) is 53.4 Å². The van der Waals surface area contributed by atoms with Crippen LogP contribution in [-0.2, 0) is 10.2 Å². The number of rotatable bonds is 12. The summed E-state index contributed by atoms with van der Waals surface area (Å²) in [6.07, 6.45) is 3.91. The summed E-state index contributed by atoms with van der Waals surface area (Å²) in [5, 5.41) is 3.28. The van der Waals surface area contributed by atoms with Crippen LogP contribution in [0.25, 0.3) is 0 Å². The van der Waals surface area contributed by atoms with E-state index in [-0.39, 0.29) is 6.04 Å². The molecular weight excluding hydrogens is 274 g/mol. The van der Waals surface area contributed by atoms with Crippen LogP contribution in [0.2, 0.25) is 0 Å². The molecule has 0 aromatic carbocycles. The molecular formula is C14H33N3O2S. The van der Waals surface area contributed by atoms with E-state index in [2.05, 4.69) is 30.8 Å². The summed E-state index contributed by atoms with van der Waals surface area (Å²) in [7, 11) is -1.72. The van der Waals surface area contributed by atoms with Gasteiger partial charge in [0, 0.05) is 19.6 Å². The van der Waals surface area contributed by atoms with Gasteiger partial charge in [0.1, 0.15) is 0 Å². The van der Waals surface area contributed by atoms with E-state index in [0.29, 0.717) is 12.5 Å². The van der Waals surface area contributed by atoms with Crippen molar-refractivity contribution in [3.63, 3.8) is 0 Å². The average molecular weight is 308 g/mol. The van der Waals surface area contributed by atoms with Gasteiger partial charge in [-0.3, -0.25) is 0 Å². The topological polar surface area (TPSA) is 61.4 Å². The van der Waals surface area contributed by atoms with Gasteiger partial charge in [-0.05, 0) is 38.8 Å². The van der Waals surface area contributed by atoms with Crippen molar-refractivity contribution in [3.05, 3.63) is 0 Å². The Morgan fingerprint density at radius 1 is 1.10 bits per heavy atom. The van der Waals surface area contributed by atoms with Gasteiger partial charge in [0.05, 0.1) is 0 Å². The lowest BCUT2D eigenvalue weighted by Crippen LogP contribution is -2.45. The first kappa shape index (κ1) is 19.8. The molecule has 0 radical (unpaired) electrons. The van der Waals surface area contributed by atoms with Gasteiger partial charge in [0.25, 0.3) is 10.2 Å². The van der Waals surface area contributed by atoms with E-state index in [1.54, 1.807) is 7.05 Å². The molecule has 2 N–H and O–H groups in total. The lowest BCUT2D eigenvalue weighted by Gasteiger charge is -2.25. The van der Waals surface area contributed by atoms with E-state index in [1.807, 2.05) is 6.92 Å². The molecule has 0 spiro atoms. The number of hydrogen-bond acceptors (Lipinski definition) is 3. The number of hydrogen-bond donors (Lipinski definition) is 2. The molecule has 0 aliphatic rings. The van der Waals surface area contributed by atoms with Crippen LogP contribution in [0.4, 0.5) is 0 Å². The van der Waals surface area contributed by atoms with E-state index in [0.717, 1.165) is 38.8 Å². The SMILES string of the molecule is CCCNCCCN(C)S(=O)(=O)NC(C)C(CC)CC. The van der Waals surface area contributed by atoms with Gasteiger partial charge in [0.2, 0.25) is 0 Å². The lowest BCUT2D eigenvalue weighted by molar-refractivity contribution is 0.373. The second-order valence-electron chi connectivity index (χ2n) is 5.41. The normalized spacial score (nSPS) is 14.2. The molecule has 0 amide bonds. The summed E-state index contributed by atoms with van der Waals surface area (Å²) in [5.41, 5.74) is 0. The molecule has 0 bridgehead atoms. The van der Waals surface area contributed by atoms with Gasteiger partial charge in [-0.15, -0.1) is 0 Å². The summed E-state index contributed by atoms with van der Waals surface area (Å²) >= 11 is 0. The third kappa shape index (κ3) is 7.57. The summed E-state index contributed by atoms with van der Waals surface area (Å²) in [6.45, 7) is 10.7. The molecule has 0 aliphatic heterocycles. The van der Waals surface area contributed by atoms with E-state index >= 15 is 0 Å². The Bertz CT molecular complexity index is 329. The molecule has 0 fully saturated rings. The zero-order valence-electron chi connectivity index (χ0n) is 13.8. The van der Waals surface area contributed by atoms with Gasteiger partial charge in [0.15, 0.2) is 0 Å². The van der Waals surface area contributed by atoms with E-state index in [9.17, 15) is 8.42 Å². The monoisotopic (exact) mass is 307 g/mol. The van der Waals surface area contributed by atoms with Gasteiger partial charge >= 0.3 is 0 Å². The first-order valence-electron chi connectivity index (χ1n) is 7.83. The molecule has 122 valence electrons. The van der Waals surface area contributed by atoms with Crippen molar-refractivity contribution < 1.29 is 8.42 Å². The minimum Gasteiger partial charge on any atom is -0.317 e. The van der Waals surface area contributed by atoms with Crippen molar-refractivity contribution in [2.75, 3.05) is 26.7 Å². The maximum Gasteiger partial charge on any atom is 0.279 e. The van der Waals surface area contributed by atoms with Crippen LogP contribution in [-0.4, -0.2) is 45.4 Å². The fraction of sp³-hybridized carbons (Fsp3) is 1.00. The van der Waals surface area contributed by atoms with Crippen molar-refractivity contribution in [1.82, 2.24) is 14.3 Å². The first-order chi connectivity index (χ1) is 9.38. The Labute approximate surface area is 125 Å². The summed E-state index contributed by atoms with van der Waals surface area (Å²) < 4.78 is 28.6. The van der Waals surface area contributed by atoms with Gasteiger partial charge in [-0.2, -0.15) is 17.4 Å². The average Bonchev–Trinajstić information content (AvgIpc) is 2.39. The predicted molar refractivity (Wildman–Crippen MR) is 86.0 cm³/mol. The third-order valence-corrected chi connectivity index (χ3v) is 5.43. The molecule has 20 heavy (non-hydrogen) atoms. The Morgan fingerprint density at radius 2 is 1.70 bits per heavy atom. The van der Waals surface area contributed by atoms with Gasteiger partial charge in [-0.25, -0.2) is 0 Å². The molecule has 0 aliphatic carbocycles. The first-order valence-corrected chi connectivity index (χ1v) is 9.27. The quantitative estimate of drug-likeness (QED) is 0.542. The molecule has 0 heterocycles. The predicted octanol–water partition coefficient (Wildman–Crippen LogP) is 1.97. The van der Waals surface area contributed by atoms with E-state index < -0.39 is 10.2 Å². The van der Waals surface area contributed by atoms with Crippen molar-refractivity contribution >= 4 is 10.2 Å². The zero-order chi connectivity index (χ0) is 15.6. The molecule has 0 aromatic rings. The molecule has 0 saturated heterocycles. The standard InChI is InChI=1S/C14H33N3O2S/c1-6-10-15-11-9-12-17(5)20(18,19)16-13(4)14(7-2)8-3/h13-16H,6-12H2,1-5H3. The Balaban J connectivity index is 4.20. The maximum atomic E-state index is 12.2. The van der Waals surface area contributed by atoms with Gasteiger partial charge in [-0.1, -0.05) is 33.6 Å². The highest BCUT2D eigenvalue weighted by Gasteiger charge is 2.23. The van der Waals surface area contributed by atoms with Crippen molar-refractivity contribution in [2.24, 2.45) is 5.92 Å². The van der Waals surface area contributed by atoms with Crippen LogP contribution >= 0.6 is 0 Å². The molecule has 0 rings (SSSR count). The van der Waals surface area contributed by atoms with Crippen LogP contribution in [0.15, 0.2) is 0 Å². The largest absolute Gasteiger partial charge is 0.317 e. The highest BCUT2D eigenvalue weighted by molar-refractivity contribution is 7.87. The summed E-state index contributed by atoms with van der Waals surface area (Å²) in [6, 6.07) is -0.0179. The Hall–Kier alpha value is -0.170. The second-order valence-corrected chi connectivity index (χ2v) is 7.22. The van der Waals surface area contributed by atoms with Gasteiger partial charge < -0.3 is 5.32 Å². The molecule has 6 heteroatoms. The molecule has 1 unspecified atom stereocenters. The van der Waals surface area contributed by atoms with E-state index in [1.165, 1.54) is 4.31 Å². The Morgan fingerprint density at radius 3 is 2.20 bits per heavy atom. The van der Waals surface area contributed by atoms with Crippen LogP contribution in [0, 0.1) is 5.92 Å². The van der Waals surface area contributed by atoms with E-state index in [4.69, 9.17) is 0 Å². The van der Waals surface area contributed by atoms with Crippen molar-refractivity contribution in [2.45, 2.75) is 59.4 Å². The second kappa shape index (κ2) is 10.5. The van der Waals surface area contributed by atoms with Crippen molar-refractivity contribution in [3.8, 4) is 0 Å². The minimum absolute atomic E-state index is 0.0179. The lowest BCUT2D eigenvalue weighted by atomic mass is 9.96. The third-order valence-electron chi connectivity index (χ3n) is 3.75. The summed E-state index contributed by atoms with van der Waals surface area (Å²) in [5.74, 6) is 0.393. The highest BCUT2D eigenvalue weighted by atomic mass is 32.2. The highest BCUT2D eigenvalue weighted by Crippen LogP contribution is 2.14. The van der Waals surface area contributed by atoms with Crippen LogP contribution in [0.5, 0.6) is 0 Å². The zero-order valence-corrected chi connectivity index (χ0v) is 14.6. The number of nitrogens with one attached hydrogen (secondary N) is 2. The fourth-order valence-corrected chi connectivity index (χ4v) is 3.48. The molecule has 1 atom stereocenters. The molecule has 0 saturated carbocycles. The molecule has 5 nitrogen and oxygen atoms in total.